The van der Waals surface area contributed by atoms with Crippen LogP contribution in [0.15, 0.2) is 12.1 Å². The summed E-state index contributed by atoms with van der Waals surface area (Å²) in [5, 5.41) is 27.7. The molecule has 0 aliphatic rings. The summed E-state index contributed by atoms with van der Waals surface area (Å²) in [7, 11) is 1.09. The van der Waals surface area contributed by atoms with Crippen LogP contribution >= 0.6 is 0 Å². The van der Waals surface area contributed by atoms with Gasteiger partial charge in [0.1, 0.15) is 23.8 Å². The highest BCUT2D eigenvalue weighted by molar-refractivity contribution is 5.69. The molecule has 0 spiro atoms. The van der Waals surface area contributed by atoms with Crippen molar-refractivity contribution in [2.45, 2.75) is 18.6 Å². The van der Waals surface area contributed by atoms with Crippen LogP contribution in [0.2, 0.25) is 0 Å². The van der Waals surface area contributed by atoms with E-state index in [0.717, 1.165) is 7.11 Å². The molecule has 1 aromatic carbocycles. The van der Waals surface area contributed by atoms with Crippen molar-refractivity contribution >= 4 is 5.97 Å². The fourth-order valence-corrected chi connectivity index (χ4v) is 1.45. The Morgan fingerprint density at radius 1 is 1.42 bits per heavy atom. The summed E-state index contributed by atoms with van der Waals surface area (Å²) in [5.74, 6) is -2.88. The topological polar surface area (TPSA) is 90.6 Å². The van der Waals surface area contributed by atoms with Gasteiger partial charge in [-0.25, -0.2) is 8.78 Å². The fraction of sp³-hybridized carbons (Fsp3) is 0.333. The van der Waals surface area contributed by atoms with Crippen LogP contribution in [-0.4, -0.2) is 29.4 Å². The van der Waals surface area contributed by atoms with Gasteiger partial charge in [0.25, 0.3) is 0 Å². The predicted octanol–water partition coefficient (Wildman–Crippen LogP) is 0.794. The van der Waals surface area contributed by atoms with Gasteiger partial charge in [-0.15, -0.1) is 0 Å². The molecule has 7 heteroatoms. The van der Waals surface area contributed by atoms with Crippen molar-refractivity contribution in [2.24, 2.45) is 0 Å². The highest BCUT2D eigenvalue weighted by Gasteiger charge is 2.25. The van der Waals surface area contributed by atoms with Crippen molar-refractivity contribution in [2.75, 3.05) is 7.11 Å². The average molecular weight is 271 g/mol. The second-order valence-electron chi connectivity index (χ2n) is 3.76. The van der Waals surface area contributed by atoms with Gasteiger partial charge in [-0.05, 0) is 12.1 Å². The van der Waals surface area contributed by atoms with Crippen molar-refractivity contribution in [3.8, 4) is 6.07 Å². The van der Waals surface area contributed by atoms with Crippen molar-refractivity contribution in [3.05, 3.63) is 34.9 Å². The summed E-state index contributed by atoms with van der Waals surface area (Å²) in [6.45, 7) is 0. The maximum Gasteiger partial charge on any atom is 0.308 e. The zero-order valence-corrected chi connectivity index (χ0v) is 9.93. The summed E-state index contributed by atoms with van der Waals surface area (Å²) in [6, 6.07) is 2.66. The third-order valence-electron chi connectivity index (χ3n) is 2.49. The molecule has 0 fully saturated rings. The van der Waals surface area contributed by atoms with E-state index in [-0.39, 0.29) is 0 Å². The molecule has 0 heterocycles. The highest BCUT2D eigenvalue weighted by Crippen LogP contribution is 2.24. The van der Waals surface area contributed by atoms with E-state index < -0.39 is 47.4 Å². The summed E-state index contributed by atoms with van der Waals surface area (Å²) in [4.78, 5) is 10.9. The zero-order valence-electron chi connectivity index (χ0n) is 9.93. The minimum absolute atomic E-state index is 0.518. The van der Waals surface area contributed by atoms with Gasteiger partial charge < -0.3 is 14.9 Å². The lowest BCUT2D eigenvalue weighted by atomic mass is 10.00. The van der Waals surface area contributed by atoms with Crippen molar-refractivity contribution in [1.82, 2.24) is 0 Å². The lowest BCUT2D eigenvalue weighted by molar-refractivity contribution is -0.144. The average Bonchev–Trinajstić information content (AvgIpc) is 2.39. The SMILES string of the molecule is COC(=O)CC(O)C(O)c1cc(F)c(C#N)cc1F. The normalized spacial score (nSPS) is 13.5. The molecule has 0 radical (unpaired) electrons. The Morgan fingerprint density at radius 2 is 2.05 bits per heavy atom. The van der Waals surface area contributed by atoms with Gasteiger partial charge in [0.2, 0.25) is 0 Å². The number of nitrogens with zero attached hydrogens (tertiary/aromatic N) is 1. The predicted molar refractivity (Wildman–Crippen MR) is 58.7 cm³/mol. The molecule has 102 valence electrons. The first-order valence-corrected chi connectivity index (χ1v) is 5.22. The van der Waals surface area contributed by atoms with E-state index in [4.69, 9.17) is 5.26 Å². The highest BCUT2D eigenvalue weighted by atomic mass is 19.1. The Bertz CT molecular complexity index is 527. The zero-order chi connectivity index (χ0) is 14.6. The molecule has 1 rings (SSSR count). The number of halogens is 2. The van der Waals surface area contributed by atoms with Crippen LogP contribution in [0.4, 0.5) is 8.78 Å². The number of methoxy groups -OCH3 is 1. The van der Waals surface area contributed by atoms with Gasteiger partial charge in [0.05, 0.1) is 25.2 Å². The molecule has 2 atom stereocenters. The molecule has 0 aromatic heterocycles. The van der Waals surface area contributed by atoms with E-state index in [1.165, 1.54) is 6.07 Å². The first-order chi connectivity index (χ1) is 8.90. The number of hydrogen-bond acceptors (Lipinski definition) is 5. The van der Waals surface area contributed by atoms with E-state index in [2.05, 4.69) is 4.74 Å². The molecule has 5 nitrogen and oxygen atoms in total. The second-order valence-corrected chi connectivity index (χ2v) is 3.76. The van der Waals surface area contributed by atoms with Crippen LogP contribution in [0.1, 0.15) is 23.7 Å². The van der Waals surface area contributed by atoms with E-state index in [0.29, 0.717) is 12.1 Å². The Kier molecular flexibility index (Phi) is 4.92. The molecule has 2 unspecified atom stereocenters. The number of benzene rings is 1. The second kappa shape index (κ2) is 6.22. The quantitative estimate of drug-likeness (QED) is 0.790. The Morgan fingerprint density at radius 3 is 2.58 bits per heavy atom. The van der Waals surface area contributed by atoms with Crippen LogP contribution in [0.3, 0.4) is 0 Å². The Labute approximate surface area is 107 Å². The summed E-state index contributed by atoms with van der Waals surface area (Å²) in [6.07, 6.45) is -4.02. The number of aliphatic hydroxyl groups is 2. The van der Waals surface area contributed by atoms with Crippen LogP contribution < -0.4 is 0 Å². The molecule has 0 saturated heterocycles. The number of carbonyl (C=O) groups excluding carboxylic acids is 1. The van der Waals surface area contributed by atoms with E-state index in [1.54, 1.807) is 0 Å². The molecule has 2 N–H and O–H groups in total. The molecule has 0 amide bonds. The fourth-order valence-electron chi connectivity index (χ4n) is 1.45. The first kappa shape index (κ1) is 15.0. The molecule has 0 aliphatic heterocycles. The van der Waals surface area contributed by atoms with Crippen LogP contribution in [0.5, 0.6) is 0 Å². The standard InChI is InChI=1S/C12H11F2NO4/c1-19-11(17)4-10(16)12(18)7-3-8(13)6(5-15)2-9(7)14/h2-3,10,12,16,18H,4H2,1H3. The van der Waals surface area contributed by atoms with E-state index in [9.17, 15) is 23.8 Å². The number of rotatable bonds is 4. The van der Waals surface area contributed by atoms with Gasteiger partial charge in [-0.3, -0.25) is 4.79 Å². The number of ether oxygens (including phenoxy) is 1. The van der Waals surface area contributed by atoms with Gasteiger partial charge in [0.15, 0.2) is 0 Å². The smallest absolute Gasteiger partial charge is 0.308 e. The number of hydrogen-bond donors (Lipinski definition) is 2. The molecule has 0 saturated carbocycles. The van der Waals surface area contributed by atoms with E-state index in [1.807, 2.05) is 0 Å². The molecular formula is C12H11F2NO4. The minimum Gasteiger partial charge on any atom is -0.469 e. The lowest BCUT2D eigenvalue weighted by Gasteiger charge is -2.18. The molecule has 0 aliphatic carbocycles. The molecule has 1 aromatic rings. The van der Waals surface area contributed by atoms with Gasteiger partial charge >= 0.3 is 5.97 Å². The van der Waals surface area contributed by atoms with Crippen LogP contribution in [0, 0.1) is 23.0 Å². The molecular weight excluding hydrogens is 260 g/mol. The Balaban J connectivity index is 3.00. The monoisotopic (exact) mass is 271 g/mol. The van der Waals surface area contributed by atoms with Crippen LogP contribution in [-0.2, 0) is 9.53 Å². The lowest BCUT2D eigenvalue weighted by Crippen LogP contribution is -2.23. The third kappa shape index (κ3) is 3.47. The number of carbonyl (C=O) groups is 1. The number of esters is 1. The van der Waals surface area contributed by atoms with Gasteiger partial charge in [-0.1, -0.05) is 0 Å². The van der Waals surface area contributed by atoms with Gasteiger partial charge in [-0.2, -0.15) is 5.26 Å². The van der Waals surface area contributed by atoms with Gasteiger partial charge in [0, 0.05) is 5.56 Å². The number of nitriles is 1. The maximum absolute atomic E-state index is 13.5. The van der Waals surface area contributed by atoms with Crippen molar-refractivity contribution in [1.29, 1.82) is 5.26 Å². The number of aliphatic hydroxyl groups excluding tert-OH is 2. The van der Waals surface area contributed by atoms with Crippen molar-refractivity contribution < 1.29 is 28.5 Å². The molecule has 19 heavy (non-hydrogen) atoms. The summed E-state index contributed by atoms with van der Waals surface area (Å²) in [5.41, 5.74) is -1.05. The molecule has 0 bridgehead atoms. The van der Waals surface area contributed by atoms with E-state index >= 15 is 0 Å². The first-order valence-electron chi connectivity index (χ1n) is 5.22. The minimum atomic E-state index is -1.80. The van der Waals surface area contributed by atoms with Crippen molar-refractivity contribution in [3.63, 3.8) is 0 Å². The Hall–Kier alpha value is -2.04. The maximum atomic E-state index is 13.5. The van der Waals surface area contributed by atoms with Crippen LogP contribution in [0.25, 0.3) is 0 Å². The summed E-state index contributed by atoms with van der Waals surface area (Å²) < 4.78 is 31.1. The third-order valence-corrected chi connectivity index (χ3v) is 2.49. The summed E-state index contributed by atoms with van der Waals surface area (Å²) >= 11 is 0. The largest absolute Gasteiger partial charge is 0.469 e.